The van der Waals surface area contributed by atoms with E-state index in [1.807, 2.05) is 13.8 Å². The zero-order valence-corrected chi connectivity index (χ0v) is 15.4. The fourth-order valence-corrected chi connectivity index (χ4v) is 2.46. The second kappa shape index (κ2) is 9.18. The summed E-state index contributed by atoms with van der Waals surface area (Å²) in [4.78, 5) is 12.5. The number of rotatable bonds is 8. The van der Waals surface area contributed by atoms with Crippen LogP contribution in [0.25, 0.3) is 0 Å². The van der Waals surface area contributed by atoms with Gasteiger partial charge in [-0.15, -0.1) is 0 Å². The number of anilines is 1. The number of halogens is 1. The van der Waals surface area contributed by atoms with Gasteiger partial charge in [-0.3, -0.25) is 4.79 Å². The van der Waals surface area contributed by atoms with Gasteiger partial charge in [-0.2, -0.15) is 0 Å². The number of hydrogen-bond donors (Lipinski definition) is 1. The van der Waals surface area contributed by atoms with Crippen molar-refractivity contribution < 1.29 is 19.0 Å². The van der Waals surface area contributed by atoms with Crippen LogP contribution in [-0.4, -0.2) is 26.2 Å². The molecule has 1 amide bonds. The summed E-state index contributed by atoms with van der Waals surface area (Å²) in [5.74, 6) is 1.34. The van der Waals surface area contributed by atoms with E-state index < -0.39 is 0 Å². The molecule has 2 rings (SSSR count). The van der Waals surface area contributed by atoms with E-state index in [1.165, 1.54) is 7.11 Å². The molecule has 0 fully saturated rings. The van der Waals surface area contributed by atoms with E-state index in [4.69, 9.17) is 25.8 Å². The molecular formula is C19H22ClNO4. The predicted octanol–water partition coefficient (Wildman–Crippen LogP) is 4.79. The Kier molecular flexibility index (Phi) is 6.95. The van der Waals surface area contributed by atoms with Crippen LogP contribution in [0.5, 0.6) is 17.2 Å². The molecule has 0 bridgehead atoms. The molecule has 0 aliphatic heterocycles. The van der Waals surface area contributed by atoms with Gasteiger partial charge < -0.3 is 19.5 Å². The number of carbonyl (C=O) groups is 1. The monoisotopic (exact) mass is 363 g/mol. The van der Waals surface area contributed by atoms with E-state index in [1.54, 1.807) is 36.4 Å². The first-order valence-corrected chi connectivity index (χ1v) is 8.51. The molecule has 0 aromatic heterocycles. The average Bonchev–Trinajstić information content (AvgIpc) is 2.62. The lowest BCUT2D eigenvalue weighted by atomic mass is 10.1. The number of benzene rings is 2. The average molecular weight is 364 g/mol. The van der Waals surface area contributed by atoms with Gasteiger partial charge in [0.05, 0.1) is 25.3 Å². The number of amides is 1. The lowest BCUT2D eigenvalue weighted by Crippen LogP contribution is -2.12. The molecule has 0 radical (unpaired) electrons. The number of nitrogens with one attached hydrogen (secondary N) is 1. The van der Waals surface area contributed by atoms with Gasteiger partial charge in [-0.05, 0) is 49.7 Å². The maximum absolute atomic E-state index is 12.5. The van der Waals surface area contributed by atoms with Gasteiger partial charge >= 0.3 is 0 Å². The molecule has 25 heavy (non-hydrogen) atoms. The number of hydrogen-bond acceptors (Lipinski definition) is 4. The zero-order chi connectivity index (χ0) is 18.2. The summed E-state index contributed by atoms with van der Waals surface area (Å²) < 4.78 is 16.3. The molecule has 0 saturated heterocycles. The SMILES string of the molecule is CCCOc1c(Cl)cc(C(=O)Nc2ccc(OCC)cc2)cc1OC. The van der Waals surface area contributed by atoms with Gasteiger partial charge in [0, 0.05) is 11.3 Å². The first-order chi connectivity index (χ1) is 12.1. The molecule has 6 heteroatoms. The van der Waals surface area contributed by atoms with Crippen LogP contribution in [0.1, 0.15) is 30.6 Å². The standard InChI is InChI=1S/C19H22ClNO4/c1-4-10-25-18-16(20)11-13(12-17(18)23-3)19(22)21-14-6-8-15(9-7-14)24-5-2/h6-9,11-12H,4-5,10H2,1-3H3,(H,21,22). The van der Waals surface area contributed by atoms with Crippen LogP contribution in [0.15, 0.2) is 36.4 Å². The largest absolute Gasteiger partial charge is 0.494 e. The highest BCUT2D eigenvalue weighted by Crippen LogP contribution is 2.36. The second-order valence-electron chi connectivity index (χ2n) is 5.25. The fourth-order valence-electron chi connectivity index (χ4n) is 2.20. The van der Waals surface area contributed by atoms with Crippen molar-refractivity contribution in [2.75, 3.05) is 25.6 Å². The van der Waals surface area contributed by atoms with Crippen LogP contribution in [-0.2, 0) is 0 Å². The molecule has 1 N–H and O–H groups in total. The summed E-state index contributed by atoms with van der Waals surface area (Å²) in [7, 11) is 1.51. The normalized spacial score (nSPS) is 10.2. The number of ether oxygens (including phenoxy) is 3. The van der Waals surface area contributed by atoms with Gasteiger partial charge in [0.15, 0.2) is 11.5 Å². The second-order valence-corrected chi connectivity index (χ2v) is 5.66. The van der Waals surface area contributed by atoms with Crippen molar-refractivity contribution >= 4 is 23.2 Å². The third kappa shape index (κ3) is 5.03. The van der Waals surface area contributed by atoms with Crippen molar-refractivity contribution in [1.29, 1.82) is 0 Å². The van der Waals surface area contributed by atoms with Crippen molar-refractivity contribution in [2.24, 2.45) is 0 Å². The summed E-state index contributed by atoms with van der Waals surface area (Å²) in [6.45, 7) is 5.03. The van der Waals surface area contributed by atoms with Crippen LogP contribution >= 0.6 is 11.6 Å². The van der Waals surface area contributed by atoms with E-state index in [-0.39, 0.29) is 5.91 Å². The Morgan fingerprint density at radius 3 is 2.44 bits per heavy atom. The maximum Gasteiger partial charge on any atom is 0.255 e. The van der Waals surface area contributed by atoms with Gasteiger partial charge in [-0.25, -0.2) is 0 Å². The minimum Gasteiger partial charge on any atom is -0.494 e. The molecule has 0 heterocycles. The highest BCUT2D eigenvalue weighted by molar-refractivity contribution is 6.32. The Bertz CT molecular complexity index is 716. The number of methoxy groups -OCH3 is 1. The van der Waals surface area contributed by atoms with E-state index in [0.717, 1.165) is 12.2 Å². The van der Waals surface area contributed by atoms with E-state index >= 15 is 0 Å². The molecular weight excluding hydrogens is 342 g/mol. The van der Waals surface area contributed by atoms with E-state index in [9.17, 15) is 4.79 Å². The van der Waals surface area contributed by atoms with Gasteiger partial charge in [0.2, 0.25) is 0 Å². The fraction of sp³-hybridized carbons (Fsp3) is 0.316. The Balaban J connectivity index is 2.16. The van der Waals surface area contributed by atoms with Gasteiger partial charge in [0.1, 0.15) is 5.75 Å². The predicted molar refractivity (Wildman–Crippen MR) is 99.4 cm³/mol. The molecule has 0 unspecified atom stereocenters. The van der Waals surface area contributed by atoms with E-state index in [0.29, 0.717) is 41.0 Å². The van der Waals surface area contributed by atoms with Crippen molar-refractivity contribution in [1.82, 2.24) is 0 Å². The molecule has 134 valence electrons. The first-order valence-electron chi connectivity index (χ1n) is 8.13. The smallest absolute Gasteiger partial charge is 0.255 e. The lowest BCUT2D eigenvalue weighted by molar-refractivity contribution is 0.102. The Morgan fingerprint density at radius 1 is 1.12 bits per heavy atom. The molecule has 0 saturated carbocycles. The van der Waals surface area contributed by atoms with Gasteiger partial charge in [-0.1, -0.05) is 18.5 Å². The maximum atomic E-state index is 12.5. The number of carbonyl (C=O) groups excluding carboxylic acids is 1. The molecule has 2 aromatic rings. The van der Waals surface area contributed by atoms with Crippen molar-refractivity contribution in [3.05, 3.63) is 47.0 Å². The quantitative estimate of drug-likeness (QED) is 0.732. The molecule has 0 atom stereocenters. The topological polar surface area (TPSA) is 56.8 Å². The molecule has 5 nitrogen and oxygen atoms in total. The molecule has 0 aliphatic carbocycles. The Morgan fingerprint density at radius 2 is 1.84 bits per heavy atom. The first kappa shape index (κ1) is 18.9. The third-order valence-corrected chi connectivity index (χ3v) is 3.65. The van der Waals surface area contributed by atoms with Crippen LogP contribution in [0.4, 0.5) is 5.69 Å². The lowest BCUT2D eigenvalue weighted by Gasteiger charge is -2.14. The molecule has 0 aliphatic rings. The Hall–Kier alpha value is -2.40. The minimum atomic E-state index is -0.286. The van der Waals surface area contributed by atoms with Gasteiger partial charge in [0.25, 0.3) is 5.91 Å². The summed E-state index contributed by atoms with van der Waals surface area (Å²) in [6.07, 6.45) is 0.847. The zero-order valence-electron chi connectivity index (χ0n) is 14.6. The summed E-state index contributed by atoms with van der Waals surface area (Å²) in [5, 5.41) is 3.16. The van der Waals surface area contributed by atoms with Crippen molar-refractivity contribution in [3.8, 4) is 17.2 Å². The summed E-state index contributed by atoms with van der Waals surface area (Å²) in [5.41, 5.74) is 1.05. The van der Waals surface area contributed by atoms with Crippen molar-refractivity contribution in [2.45, 2.75) is 20.3 Å². The highest BCUT2D eigenvalue weighted by atomic mass is 35.5. The van der Waals surface area contributed by atoms with E-state index in [2.05, 4.69) is 5.32 Å². The van der Waals surface area contributed by atoms with Crippen molar-refractivity contribution in [3.63, 3.8) is 0 Å². The van der Waals surface area contributed by atoms with Crippen LogP contribution < -0.4 is 19.5 Å². The molecule has 2 aromatic carbocycles. The van der Waals surface area contributed by atoms with Crippen LogP contribution in [0, 0.1) is 0 Å². The highest BCUT2D eigenvalue weighted by Gasteiger charge is 2.16. The third-order valence-electron chi connectivity index (χ3n) is 3.37. The minimum absolute atomic E-state index is 0.286. The Labute approximate surface area is 152 Å². The summed E-state index contributed by atoms with van der Waals surface area (Å²) >= 11 is 6.25. The molecule has 0 spiro atoms. The van der Waals surface area contributed by atoms with Crippen LogP contribution in [0.3, 0.4) is 0 Å². The summed E-state index contributed by atoms with van der Waals surface area (Å²) in [6, 6.07) is 10.3. The van der Waals surface area contributed by atoms with Crippen LogP contribution in [0.2, 0.25) is 5.02 Å².